The molecule has 2 aliphatic rings. The van der Waals surface area contributed by atoms with Crippen molar-refractivity contribution in [2.24, 2.45) is 0 Å². The third-order valence-electron chi connectivity index (χ3n) is 3.68. The van der Waals surface area contributed by atoms with Gasteiger partial charge in [-0.1, -0.05) is 6.07 Å². The Hall–Kier alpha value is -1.79. The summed E-state index contributed by atoms with van der Waals surface area (Å²) in [6.07, 6.45) is 0.148. The van der Waals surface area contributed by atoms with Gasteiger partial charge in [0.05, 0.1) is 31.4 Å². The lowest BCUT2D eigenvalue weighted by Gasteiger charge is -2.30. The van der Waals surface area contributed by atoms with Crippen molar-refractivity contribution in [1.29, 1.82) is 0 Å². The van der Waals surface area contributed by atoms with Gasteiger partial charge in [0.1, 0.15) is 5.82 Å². The zero-order valence-electron chi connectivity index (χ0n) is 10.9. The minimum absolute atomic E-state index is 0.148. The topological polar surface area (TPSA) is 49.9 Å². The molecule has 2 saturated heterocycles. The molecular weight excluding hydrogens is 263 g/mol. The molecular formula is C14H15FN2O3. The molecule has 20 heavy (non-hydrogen) atoms. The number of nitrogens with zero attached hydrogens (tertiary/aromatic N) is 2. The molecule has 0 N–H and O–H groups in total. The van der Waals surface area contributed by atoms with Crippen LogP contribution in [0, 0.1) is 5.82 Å². The van der Waals surface area contributed by atoms with Gasteiger partial charge < -0.3 is 4.74 Å². The zero-order valence-corrected chi connectivity index (χ0v) is 10.9. The van der Waals surface area contributed by atoms with E-state index in [1.165, 1.54) is 18.2 Å². The molecule has 1 aromatic rings. The van der Waals surface area contributed by atoms with Crippen LogP contribution >= 0.6 is 0 Å². The minimum atomic E-state index is -0.460. The van der Waals surface area contributed by atoms with E-state index >= 15 is 0 Å². The number of halogens is 1. The number of imide groups is 1. The number of ether oxygens (including phenoxy) is 1. The second-order valence-corrected chi connectivity index (χ2v) is 4.92. The molecule has 1 aromatic carbocycles. The summed E-state index contributed by atoms with van der Waals surface area (Å²) >= 11 is 0. The Morgan fingerprint density at radius 1 is 1.20 bits per heavy atom. The van der Waals surface area contributed by atoms with Gasteiger partial charge in [-0.3, -0.25) is 14.5 Å². The molecule has 0 spiro atoms. The number of amides is 2. The van der Waals surface area contributed by atoms with Gasteiger partial charge in [-0.05, 0) is 18.2 Å². The Bertz CT molecular complexity index is 543. The molecule has 2 aliphatic heterocycles. The van der Waals surface area contributed by atoms with E-state index in [2.05, 4.69) is 0 Å². The lowest BCUT2D eigenvalue weighted by molar-refractivity contribution is -0.123. The number of hydrogen-bond donors (Lipinski definition) is 0. The number of morpholine rings is 1. The molecule has 3 rings (SSSR count). The number of benzene rings is 1. The summed E-state index contributed by atoms with van der Waals surface area (Å²) in [5.41, 5.74) is 0.302. The van der Waals surface area contributed by atoms with Crippen molar-refractivity contribution in [1.82, 2.24) is 4.90 Å². The molecule has 2 fully saturated rings. The summed E-state index contributed by atoms with van der Waals surface area (Å²) in [7, 11) is 0. The van der Waals surface area contributed by atoms with Gasteiger partial charge in [0, 0.05) is 13.1 Å². The van der Waals surface area contributed by atoms with Crippen molar-refractivity contribution < 1.29 is 18.7 Å². The van der Waals surface area contributed by atoms with E-state index in [4.69, 9.17) is 4.74 Å². The highest BCUT2D eigenvalue weighted by atomic mass is 19.1. The molecule has 2 heterocycles. The Morgan fingerprint density at radius 2 is 1.95 bits per heavy atom. The van der Waals surface area contributed by atoms with Crippen molar-refractivity contribution in [3.8, 4) is 0 Å². The van der Waals surface area contributed by atoms with E-state index in [-0.39, 0.29) is 18.2 Å². The fourth-order valence-corrected chi connectivity index (χ4v) is 2.68. The van der Waals surface area contributed by atoms with Crippen LogP contribution in [0.25, 0.3) is 0 Å². The highest BCUT2D eigenvalue weighted by Crippen LogP contribution is 2.26. The lowest BCUT2D eigenvalue weighted by Crippen LogP contribution is -2.47. The van der Waals surface area contributed by atoms with Crippen LogP contribution < -0.4 is 4.90 Å². The van der Waals surface area contributed by atoms with Gasteiger partial charge in [-0.2, -0.15) is 0 Å². The number of rotatable bonds is 2. The summed E-state index contributed by atoms with van der Waals surface area (Å²) < 4.78 is 18.5. The molecule has 0 unspecified atom stereocenters. The molecule has 0 bridgehead atoms. The Morgan fingerprint density at radius 3 is 2.65 bits per heavy atom. The van der Waals surface area contributed by atoms with Crippen LogP contribution in [0.4, 0.5) is 10.1 Å². The van der Waals surface area contributed by atoms with Gasteiger partial charge >= 0.3 is 0 Å². The Balaban J connectivity index is 1.83. The summed E-state index contributed by atoms with van der Waals surface area (Å²) in [5, 5.41) is 0. The smallest absolute Gasteiger partial charge is 0.251 e. The highest BCUT2D eigenvalue weighted by molar-refractivity contribution is 6.22. The van der Waals surface area contributed by atoms with Crippen molar-refractivity contribution in [3.05, 3.63) is 30.1 Å². The summed E-state index contributed by atoms with van der Waals surface area (Å²) in [6.45, 7) is 2.41. The molecule has 0 saturated carbocycles. The molecule has 5 nitrogen and oxygen atoms in total. The SMILES string of the molecule is O=C1C[C@@H](N2CCOCC2)C(=O)N1c1cccc(F)c1. The molecule has 0 aliphatic carbocycles. The molecule has 6 heteroatoms. The third kappa shape index (κ3) is 2.32. The summed E-state index contributed by atoms with van der Waals surface area (Å²) in [6, 6.07) is 5.11. The summed E-state index contributed by atoms with van der Waals surface area (Å²) in [4.78, 5) is 27.5. The molecule has 0 radical (unpaired) electrons. The van der Waals surface area contributed by atoms with Gasteiger partial charge in [0.15, 0.2) is 0 Å². The quantitative estimate of drug-likeness (QED) is 0.751. The molecule has 2 amide bonds. The van der Waals surface area contributed by atoms with E-state index in [9.17, 15) is 14.0 Å². The highest BCUT2D eigenvalue weighted by Gasteiger charge is 2.42. The van der Waals surface area contributed by atoms with Crippen molar-refractivity contribution in [2.75, 3.05) is 31.2 Å². The summed E-state index contributed by atoms with van der Waals surface area (Å²) in [5.74, 6) is -1.02. The van der Waals surface area contributed by atoms with E-state index in [1.807, 2.05) is 4.90 Å². The largest absolute Gasteiger partial charge is 0.379 e. The molecule has 1 atom stereocenters. The maximum Gasteiger partial charge on any atom is 0.251 e. The number of hydrogen-bond acceptors (Lipinski definition) is 4. The maximum absolute atomic E-state index is 13.3. The van der Waals surface area contributed by atoms with Crippen LogP contribution in [0.2, 0.25) is 0 Å². The van der Waals surface area contributed by atoms with Crippen LogP contribution in [0.5, 0.6) is 0 Å². The second-order valence-electron chi connectivity index (χ2n) is 4.92. The van der Waals surface area contributed by atoms with Crippen molar-refractivity contribution >= 4 is 17.5 Å². The predicted molar refractivity (Wildman–Crippen MR) is 69.7 cm³/mol. The first-order valence-electron chi connectivity index (χ1n) is 6.61. The van der Waals surface area contributed by atoms with Gasteiger partial charge in [0.2, 0.25) is 5.91 Å². The van der Waals surface area contributed by atoms with E-state index in [0.29, 0.717) is 32.0 Å². The number of carbonyl (C=O) groups excluding carboxylic acids is 2. The third-order valence-corrected chi connectivity index (χ3v) is 3.68. The van der Waals surface area contributed by atoms with Crippen molar-refractivity contribution in [2.45, 2.75) is 12.5 Å². The standard InChI is InChI=1S/C14H15FN2O3/c15-10-2-1-3-11(8-10)17-13(18)9-12(14(17)19)16-4-6-20-7-5-16/h1-3,8,12H,4-7,9H2/t12-/m1/s1. The second kappa shape index (κ2) is 5.30. The first-order valence-corrected chi connectivity index (χ1v) is 6.61. The monoisotopic (exact) mass is 278 g/mol. The van der Waals surface area contributed by atoms with E-state index < -0.39 is 11.9 Å². The van der Waals surface area contributed by atoms with Crippen LogP contribution in [-0.2, 0) is 14.3 Å². The van der Waals surface area contributed by atoms with Crippen molar-refractivity contribution in [3.63, 3.8) is 0 Å². The average molecular weight is 278 g/mol. The van der Waals surface area contributed by atoms with Crippen LogP contribution in [0.15, 0.2) is 24.3 Å². The van der Waals surface area contributed by atoms with Crippen LogP contribution in [-0.4, -0.2) is 49.1 Å². The fraction of sp³-hybridized carbons (Fsp3) is 0.429. The fourth-order valence-electron chi connectivity index (χ4n) is 2.68. The Kier molecular flexibility index (Phi) is 3.50. The van der Waals surface area contributed by atoms with E-state index in [1.54, 1.807) is 6.07 Å². The van der Waals surface area contributed by atoms with Gasteiger partial charge in [-0.15, -0.1) is 0 Å². The first-order chi connectivity index (χ1) is 9.66. The zero-order chi connectivity index (χ0) is 14.1. The van der Waals surface area contributed by atoms with Gasteiger partial charge in [-0.25, -0.2) is 9.29 Å². The van der Waals surface area contributed by atoms with Crippen LogP contribution in [0.3, 0.4) is 0 Å². The number of anilines is 1. The number of carbonyl (C=O) groups is 2. The van der Waals surface area contributed by atoms with Gasteiger partial charge in [0.25, 0.3) is 5.91 Å². The van der Waals surface area contributed by atoms with Crippen LogP contribution in [0.1, 0.15) is 6.42 Å². The predicted octanol–water partition coefficient (Wildman–Crippen LogP) is 0.790. The molecule has 106 valence electrons. The Labute approximate surface area is 115 Å². The normalized spacial score (nSPS) is 24.4. The first kappa shape index (κ1) is 13.2. The average Bonchev–Trinajstić information content (AvgIpc) is 2.75. The maximum atomic E-state index is 13.3. The molecule has 0 aromatic heterocycles. The lowest BCUT2D eigenvalue weighted by atomic mass is 10.2. The van der Waals surface area contributed by atoms with E-state index in [0.717, 1.165) is 4.90 Å². The minimum Gasteiger partial charge on any atom is -0.379 e.